The van der Waals surface area contributed by atoms with Gasteiger partial charge in [-0.1, -0.05) is 6.07 Å². The monoisotopic (exact) mass is 389 g/mol. The zero-order valence-corrected chi connectivity index (χ0v) is 16.2. The zero-order valence-electron chi connectivity index (χ0n) is 16.2. The Morgan fingerprint density at radius 1 is 0.893 bits per heavy atom. The summed E-state index contributed by atoms with van der Waals surface area (Å²) in [4.78, 5) is 23.4. The van der Waals surface area contributed by atoms with E-state index in [0.717, 1.165) is 5.56 Å². The van der Waals surface area contributed by atoms with Gasteiger partial charge in [-0.15, -0.1) is 0 Å². The quantitative estimate of drug-likeness (QED) is 0.679. The Bertz CT molecular complexity index is 864. The van der Waals surface area contributed by atoms with Gasteiger partial charge in [0.25, 0.3) is 0 Å². The van der Waals surface area contributed by atoms with Crippen LogP contribution in [0.25, 0.3) is 0 Å². The van der Waals surface area contributed by atoms with E-state index >= 15 is 0 Å². The minimum Gasteiger partial charge on any atom is -0.496 e. The molecule has 0 spiro atoms. The number of benzene rings is 2. The van der Waals surface area contributed by atoms with Gasteiger partial charge in [-0.2, -0.15) is 0 Å². The Morgan fingerprint density at radius 2 is 1.57 bits per heavy atom. The molecule has 2 rings (SSSR count). The Morgan fingerprint density at radius 3 is 2.14 bits per heavy atom. The van der Waals surface area contributed by atoms with Gasteiger partial charge in [0.2, 0.25) is 11.7 Å². The van der Waals surface area contributed by atoms with Gasteiger partial charge in [0.15, 0.2) is 11.5 Å². The second-order valence-electron chi connectivity index (χ2n) is 5.76. The summed E-state index contributed by atoms with van der Waals surface area (Å²) in [5, 5.41) is 11.8. The number of hydrogen-bond acceptors (Lipinski definition) is 6. The minimum absolute atomic E-state index is 0.0237. The van der Waals surface area contributed by atoms with Crippen LogP contribution in [0.15, 0.2) is 30.3 Å². The number of aromatic carboxylic acids is 1. The molecule has 0 aliphatic carbocycles. The molecule has 8 heteroatoms. The summed E-state index contributed by atoms with van der Waals surface area (Å²) in [6.45, 7) is 0. The van der Waals surface area contributed by atoms with Gasteiger partial charge in [0, 0.05) is 18.2 Å². The lowest BCUT2D eigenvalue weighted by Gasteiger charge is -2.15. The number of rotatable bonds is 9. The average Bonchev–Trinajstić information content (AvgIpc) is 2.70. The molecule has 2 aromatic rings. The molecule has 0 saturated heterocycles. The van der Waals surface area contributed by atoms with Crippen LogP contribution in [-0.2, 0) is 11.2 Å². The number of nitrogens with one attached hydrogen (secondary N) is 1. The molecule has 1 amide bonds. The van der Waals surface area contributed by atoms with E-state index in [2.05, 4.69) is 5.32 Å². The molecule has 0 heterocycles. The largest absolute Gasteiger partial charge is 0.496 e. The predicted octanol–water partition coefficient (Wildman–Crippen LogP) is 2.99. The molecular formula is C20H23NO7. The lowest BCUT2D eigenvalue weighted by molar-refractivity contribution is -0.116. The molecule has 0 bridgehead atoms. The van der Waals surface area contributed by atoms with Crippen LogP contribution >= 0.6 is 0 Å². The first-order valence-electron chi connectivity index (χ1n) is 8.44. The first-order valence-corrected chi connectivity index (χ1v) is 8.44. The van der Waals surface area contributed by atoms with Crippen molar-refractivity contribution in [3.05, 3.63) is 41.5 Å². The van der Waals surface area contributed by atoms with Gasteiger partial charge in [-0.25, -0.2) is 4.79 Å². The lowest BCUT2D eigenvalue weighted by Crippen LogP contribution is -2.13. The maximum Gasteiger partial charge on any atom is 0.339 e. The van der Waals surface area contributed by atoms with Crippen LogP contribution in [0.5, 0.6) is 23.0 Å². The van der Waals surface area contributed by atoms with E-state index in [1.54, 1.807) is 6.07 Å². The summed E-state index contributed by atoms with van der Waals surface area (Å²) in [5.41, 5.74) is 1.27. The number of carboxylic acids is 1. The summed E-state index contributed by atoms with van der Waals surface area (Å²) < 4.78 is 21.1. The van der Waals surface area contributed by atoms with Crippen LogP contribution in [0.1, 0.15) is 22.3 Å². The van der Waals surface area contributed by atoms with Crippen LogP contribution in [0.4, 0.5) is 5.69 Å². The zero-order chi connectivity index (χ0) is 20.7. The molecule has 0 aliphatic heterocycles. The molecule has 2 aromatic carbocycles. The van der Waals surface area contributed by atoms with Crippen molar-refractivity contribution in [2.24, 2.45) is 0 Å². The first kappa shape index (κ1) is 20.9. The fourth-order valence-electron chi connectivity index (χ4n) is 2.78. The van der Waals surface area contributed by atoms with Crippen molar-refractivity contribution in [1.29, 1.82) is 0 Å². The van der Waals surface area contributed by atoms with Crippen molar-refractivity contribution in [1.82, 2.24) is 0 Å². The topological polar surface area (TPSA) is 103 Å². The van der Waals surface area contributed by atoms with Crippen LogP contribution in [0, 0.1) is 0 Å². The molecule has 0 fully saturated rings. The Kier molecular flexibility index (Phi) is 7.08. The molecule has 2 N–H and O–H groups in total. The summed E-state index contributed by atoms with van der Waals surface area (Å²) in [6, 6.07) is 7.94. The second kappa shape index (κ2) is 9.50. The number of carbonyl (C=O) groups is 2. The number of carbonyl (C=O) groups excluding carboxylic acids is 1. The SMILES string of the molecule is COc1cc(NC(=O)CCc2ccc(OC)c(OC)c2OC)ccc1C(=O)O. The number of ether oxygens (including phenoxy) is 4. The Labute approximate surface area is 163 Å². The molecule has 150 valence electrons. The van der Waals surface area contributed by atoms with Crippen LogP contribution in [0.2, 0.25) is 0 Å². The van der Waals surface area contributed by atoms with Crippen LogP contribution in [0.3, 0.4) is 0 Å². The predicted molar refractivity (Wildman–Crippen MR) is 103 cm³/mol. The van der Waals surface area contributed by atoms with Crippen molar-refractivity contribution in [2.45, 2.75) is 12.8 Å². The fourth-order valence-corrected chi connectivity index (χ4v) is 2.78. The van der Waals surface area contributed by atoms with Crippen molar-refractivity contribution in [3.8, 4) is 23.0 Å². The lowest BCUT2D eigenvalue weighted by atomic mass is 10.1. The molecule has 0 aromatic heterocycles. The summed E-state index contributed by atoms with van der Waals surface area (Å²) >= 11 is 0. The van der Waals surface area contributed by atoms with Crippen molar-refractivity contribution in [3.63, 3.8) is 0 Å². The molecule has 0 atom stereocenters. The summed E-state index contributed by atoms with van der Waals surface area (Å²) in [7, 11) is 5.95. The van der Waals surface area contributed by atoms with E-state index in [-0.39, 0.29) is 23.6 Å². The molecule has 28 heavy (non-hydrogen) atoms. The van der Waals surface area contributed by atoms with E-state index in [0.29, 0.717) is 29.4 Å². The third-order valence-electron chi connectivity index (χ3n) is 4.12. The first-order chi connectivity index (χ1) is 13.4. The van der Waals surface area contributed by atoms with Crippen molar-refractivity contribution >= 4 is 17.6 Å². The number of aryl methyl sites for hydroxylation is 1. The second-order valence-corrected chi connectivity index (χ2v) is 5.76. The summed E-state index contributed by atoms with van der Waals surface area (Å²) in [5.74, 6) is 0.362. The molecular weight excluding hydrogens is 366 g/mol. The van der Waals surface area contributed by atoms with E-state index in [9.17, 15) is 9.59 Å². The van der Waals surface area contributed by atoms with Gasteiger partial charge in [-0.3, -0.25) is 4.79 Å². The number of carboxylic acid groups (broad SMARTS) is 1. The molecule has 0 radical (unpaired) electrons. The van der Waals surface area contributed by atoms with Crippen molar-refractivity contribution in [2.75, 3.05) is 33.8 Å². The van der Waals surface area contributed by atoms with Gasteiger partial charge in [-0.05, 0) is 30.2 Å². The smallest absolute Gasteiger partial charge is 0.339 e. The molecule has 0 aliphatic rings. The third-order valence-corrected chi connectivity index (χ3v) is 4.12. The number of anilines is 1. The summed E-state index contributed by atoms with van der Waals surface area (Å²) in [6.07, 6.45) is 0.606. The van der Waals surface area contributed by atoms with E-state index in [4.69, 9.17) is 24.1 Å². The van der Waals surface area contributed by atoms with Crippen molar-refractivity contribution < 1.29 is 33.6 Å². The van der Waals surface area contributed by atoms with Gasteiger partial charge in [0.1, 0.15) is 11.3 Å². The van der Waals surface area contributed by atoms with Gasteiger partial charge < -0.3 is 29.4 Å². The van der Waals surface area contributed by atoms with Gasteiger partial charge >= 0.3 is 5.97 Å². The van der Waals surface area contributed by atoms with E-state index in [1.165, 1.54) is 46.6 Å². The Balaban J connectivity index is 2.10. The molecule has 0 unspecified atom stereocenters. The van der Waals surface area contributed by atoms with Gasteiger partial charge in [0.05, 0.1) is 28.4 Å². The number of hydrogen-bond donors (Lipinski definition) is 2. The Hall–Kier alpha value is -3.42. The standard InChI is InChI=1S/C20H23NO7/c1-25-15-9-5-12(18(27-3)19(15)28-4)6-10-17(22)21-13-7-8-14(20(23)24)16(11-13)26-2/h5,7-9,11H,6,10H2,1-4H3,(H,21,22)(H,23,24). The highest BCUT2D eigenvalue weighted by Gasteiger charge is 2.17. The maximum atomic E-state index is 12.3. The third kappa shape index (κ3) is 4.64. The number of methoxy groups -OCH3 is 4. The molecule has 8 nitrogen and oxygen atoms in total. The normalized spacial score (nSPS) is 10.1. The van der Waals surface area contributed by atoms with Crippen LogP contribution < -0.4 is 24.3 Å². The number of amides is 1. The molecule has 0 saturated carbocycles. The highest BCUT2D eigenvalue weighted by atomic mass is 16.5. The highest BCUT2D eigenvalue weighted by molar-refractivity contribution is 5.94. The maximum absolute atomic E-state index is 12.3. The van der Waals surface area contributed by atoms with Crippen LogP contribution in [-0.4, -0.2) is 45.4 Å². The minimum atomic E-state index is -1.10. The highest BCUT2D eigenvalue weighted by Crippen LogP contribution is 2.40. The average molecular weight is 389 g/mol. The van der Waals surface area contributed by atoms with E-state index in [1.807, 2.05) is 6.07 Å². The van der Waals surface area contributed by atoms with E-state index < -0.39 is 5.97 Å². The fraction of sp³-hybridized carbons (Fsp3) is 0.300.